The van der Waals surface area contributed by atoms with E-state index in [0.717, 1.165) is 5.56 Å². The molecule has 1 aromatic rings. The Morgan fingerprint density at radius 3 is 2.43 bits per heavy atom. The van der Waals surface area contributed by atoms with E-state index in [4.69, 9.17) is 19.0 Å². The van der Waals surface area contributed by atoms with Gasteiger partial charge in [0, 0.05) is 30.0 Å². The minimum Gasteiger partial charge on any atom is -0.508 e. The third-order valence-corrected chi connectivity index (χ3v) is 4.52. The zero-order valence-electron chi connectivity index (χ0n) is 18.3. The number of phenolic OH excluding ortho intramolecular Hbond substituents is 1. The predicted molar refractivity (Wildman–Crippen MR) is 109 cm³/mol. The van der Waals surface area contributed by atoms with E-state index in [1.54, 1.807) is 53.7 Å². The van der Waals surface area contributed by atoms with Gasteiger partial charge in [0.15, 0.2) is 0 Å². The van der Waals surface area contributed by atoms with Crippen LogP contribution >= 0.6 is 0 Å². The van der Waals surface area contributed by atoms with Crippen LogP contribution in [0.1, 0.15) is 65.5 Å². The van der Waals surface area contributed by atoms with Crippen LogP contribution in [0.25, 0.3) is 0 Å². The fourth-order valence-electron chi connectivity index (χ4n) is 3.42. The Labute approximate surface area is 176 Å². The summed E-state index contributed by atoms with van der Waals surface area (Å²) in [5.41, 5.74) is -1.16. The van der Waals surface area contributed by atoms with Crippen molar-refractivity contribution >= 4 is 17.7 Å². The highest BCUT2D eigenvalue weighted by Gasteiger charge is 2.52. The Bertz CT molecular complexity index is 892. The van der Waals surface area contributed by atoms with Gasteiger partial charge in [-0.15, -0.1) is 0 Å². The summed E-state index contributed by atoms with van der Waals surface area (Å²) < 4.78 is 16.5. The van der Waals surface area contributed by atoms with Gasteiger partial charge in [-0.25, -0.2) is 4.79 Å². The van der Waals surface area contributed by atoms with E-state index in [-0.39, 0.29) is 18.6 Å². The highest BCUT2D eigenvalue weighted by atomic mass is 16.7. The molecule has 8 heteroatoms. The Morgan fingerprint density at radius 1 is 1.13 bits per heavy atom. The molecule has 0 spiro atoms. The van der Waals surface area contributed by atoms with E-state index in [2.05, 4.69) is 5.16 Å². The second-order valence-electron chi connectivity index (χ2n) is 9.63. The Morgan fingerprint density at radius 2 is 1.80 bits per heavy atom. The molecule has 30 heavy (non-hydrogen) atoms. The molecule has 0 saturated carbocycles. The average Bonchev–Trinajstić information content (AvgIpc) is 3.18. The van der Waals surface area contributed by atoms with Crippen LogP contribution < -0.4 is 4.74 Å². The topological polar surface area (TPSA) is 104 Å². The Balaban J connectivity index is 1.91. The lowest BCUT2D eigenvalue weighted by atomic mass is 9.88. The van der Waals surface area contributed by atoms with Crippen LogP contribution in [0.15, 0.2) is 17.3 Å². The molecule has 2 heterocycles. The molecule has 0 aromatic heterocycles. The fraction of sp³-hybridized carbons (Fsp3) is 0.591. The third-order valence-electron chi connectivity index (χ3n) is 4.52. The summed E-state index contributed by atoms with van der Waals surface area (Å²) in [7, 11) is 0. The Kier molecular flexibility index (Phi) is 5.47. The molecular weight excluding hydrogens is 390 g/mol. The number of fused-ring (bicyclic) bond motifs is 1. The van der Waals surface area contributed by atoms with Crippen LogP contribution in [0, 0.1) is 0 Å². The van der Waals surface area contributed by atoms with Gasteiger partial charge in [0.25, 0.3) is 0 Å². The smallest absolute Gasteiger partial charge is 0.354 e. The van der Waals surface area contributed by atoms with Gasteiger partial charge in [0.05, 0.1) is 18.7 Å². The van der Waals surface area contributed by atoms with Crippen molar-refractivity contribution in [3.63, 3.8) is 0 Å². The number of carbonyl (C=O) groups excluding carboxylic acids is 2. The molecule has 0 radical (unpaired) electrons. The lowest BCUT2D eigenvalue weighted by molar-refractivity contribution is -0.188. The molecule has 8 nitrogen and oxygen atoms in total. The number of carbonyl (C=O) groups is 2. The highest BCUT2D eigenvalue weighted by molar-refractivity contribution is 6.07. The van der Waals surface area contributed by atoms with Gasteiger partial charge >= 0.3 is 11.9 Å². The van der Waals surface area contributed by atoms with Gasteiger partial charge < -0.3 is 24.2 Å². The lowest BCUT2D eigenvalue weighted by Crippen LogP contribution is -2.46. The van der Waals surface area contributed by atoms with Crippen molar-refractivity contribution in [2.45, 2.75) is 77.6 Å². The van der Waals surface area contributed by atoms with Crippen LogP contribution in [0.2, 0.25) is 0 Å². The van der Waals surface area contributed by atoms with E-state index in [1.807, 2.05) is 0 Å². The zero-order chi connectivity index (χ0) is 22.3. The number of phenols is 1. The number of oxime groups is 1. The maximum atomic E-state index is 13.1. The molecule has 164 valence electrons. The van der Waals surface area contributed by atoms with E-state index in [1.165, 1.54) is 0 Å². The van der Waals surface area contributed by atoms with Gasteiger partial charge in [-0.3, -0.25) is 4.79 Å². The third kappa shape index (κ3) is 4.86. The van der Waals surface area contributed by atoms with Crippen LogP contribution in [0.5, 0.6) is 11.5 Å². The summed E-state index contributed by atoms with van der Waals surface area (Å²) in [6.07, 6.45) is 0.316. The number of esters is 2. The quantitative estimate of drug-likeness (QED) is 0.747. The summed E-state index contributed by atoms with van der Waals surface area (Å²) in [5.74, 6) is -0.674. The van der Waals surface area contributed by atoms with Crippen LogP contribution in [0.4, 0.5) is 0 Å². The fourth-order valence-corrected chi connectivity index (χ4v) is 3.42. The summed E-state index contributed by atoms with van der Waals surface area (Å²) in [5, 5.41) is 14.2. The molecule has 1 aromatic carbocycles. The van der Waals surface area contributed by atoms with Gasteiger partial charge in [-0.05, 0) is 47.6 Å². The molecule has 0 aliphatic carbocycles. The molecule has 0 bridgehead atoms. The average molecular weight is 419 g/mol. The number of rotatable bonds is 4. The van der Waals surface area contributed by atoms with E-state index < -0.39 is 28.7 Å². The standard InChI is InChI=1S/C22H29NO7/c1-20(2,3)28-18(25)12-22(19(26)29-21(4,5)6)11-16(23-30-22)15-9-13(24)10-17-14(15)7-8-27-17/h9-10,24H,7-8,11-12H2,1-6H3. The molecule has 0 saturated heterocycles. The maximum absolute atomic E-state index is 13.1. The summed E-state index contributed by atoms with van der Waals surface area (Å²) in [4.78, 5) is 31.2. The number of benzene rings is 1. The van der Waals surface area contributed by atoms with Gasteiger partial charge in [-0.1, -0.05) is 5.16 Å². The number of hydrogen-bond acceptors (Lipinski definition) is 8. The molecule has 1 N–H and O–H groups in total. The van der Waals surface area contributed by atoms with Crippen molar-refractivity contribution in [1.82, 2.24) is 0 Å². The van der Waals surface area contributed by atoms with Gasteiger partial charge in [-0.2, -0.15) is 0 Å². The first-order valence-corrected chi connectivity index (χ1v) is 9.97. The second-order valence-corrected chi connectivity index (χ2v) is 9.63. The Hall–Kier alpha value is -2.77. The summed E-state index contributed by atoms with van der Waals surface area (Å²) >= 11 is 0. The number of nitrogens with zero attached hydrogens (tertiary/aromatic N) is 1. The molecule has 2 aliphatic heterocycles. The van der Waals surface area contributed by atoms with Crippen molar-refractivity contribution in [1.29, 1.82) is 0 Å². The first kappa shape index (κ1) is 21.9. The minimum absolute atomic E-state index is 0.0110. The first-order chi connectivity index (χ1) is 13.8. The van der Waals surface area contributed by atoms with Crippen LogP contribution in [-0.2, 0) is 30.3 Å². The normalized spacial score (nSPS) is 20.7. The monoisotopic (exact) mass is 419 g/mol. The van der Waals surface area contributed by atoms with Crippen LogP contribution in [0.3, 0.4) is 0 Å². The van der Waals surface area contributed by atoms with Crippen molar-refractivity contribution in [2.24, 2.45) is 5.16 Å². The van der Waals surface area contributed by atoms with Gasteiger partial charge in [0.1, 0.15) is 22.7 Å². The van der Waals surface area contributed by atoms with Crippen molar-refractivity contribution in [3.8, 4) is 11.5 Å². The van der Waals surface area contributed by atoms with E-state index in [9.17, 15) is 14.7 Å². The maximum Gasteiger partial charge on any atom is 0.354 e. The SMILES string of the molecule is CC(C)(C)OC(=O)CC1(C(=O)OC(C)(C)C)CC(c2cc(O)cc3c2CCO3)=NO1. The second kappa shape index (κ2) is 7.49. The number of ether oxygens (including phenoxy) is 3. The molecule has 3 rings (SSSR count). The number of aromatic hydroxyl groups is 1. The molecule has 0 amide bonds. The van der Waals surface area contributed by atoms with Crippen LogP contribution in [-0.4, -0.2) is 46.2 Å². The summed E-state index contributed by atoms with van der Waals surface area (Å²) in [6, 6.07) is 3.11. The predicted octanol–water partition coefficient (Wildman–Crippen LogP) is 3.26. The van der Waals surface area contributed by atoms with E-state index >= 15 is 0 Å². The molecular formula is C22H29NO7. The van der Waals surface area contributed by atoms with Crippen molar-refractivity contribution in [2.75, 3.05) is 6.61 Å². The van der Waals surface area contributed by atoms with Crippen molar-refractivity contribution < 1.29 is 33.7 Å². The first-order valence-electron chi connectivity index (χ1n) is 9.97. The molecule has 1 unspecified atom stereocenters. The largest absolute Gasteiger partial charge is 0.508 e. The molecule has 1 atom stereocenters. The lowest BCUT2D eigenvalue weighted by Gasteiger charge is -2.29. The number of hydrogen-bond donors (Lipinski definition) is 1. The van der Waals surface area contributed by atoms with Gasteiger partial charge in [0.2, 0.25) is 5.60 Å². The molecule has 0 fully saturated rings. The summed E-state index contributed by atoms with van der Waals surface area (Å²) in [6.45, 7) is 11.0. The minimum atomic E-state index is -1.64. The highest BCUT2D eigenvalue weighted by Crippen LogP contribution is 2.39. The zero-order valence-corrected chi connectivity index (χ0v) is 18.3. The van der Waals surface area contributed by atoms with E-state index in [0.29, 0.717) is 30.1 Å². The molecule has 2 aliphatic rings. The van der Waals surface area contributed by atoms with Crippen molar-refractivity contribution in [3.05, 3.63) is 23.3 Å².